The average molecular weight is 548 g/mol. The number of nitrogens with one attached hydrogen (secondary N) is 1. The molecule has 1 aliphatic rings. The van der Waals surface area contributed by atoms with Gasteiger partial charge in [0.05, 0.1) is 22.9 Å². The van der Waals surface area contributed by atoms with E-state index < -0.39 is 46.7 Å². The van der Waals surface area contributed by atoms with Crippen LogP contribution in [0.1, 0.15) is 57.6 Å². The first kappa shape index (κ1) is 28.3. The van der Waals surface area contributed by atoms with Crippen LogP contribution in [0.15, 0.2) is 36.4 Å². The molecule has 0 unspecified atom stereocenters. The molecular formula is C26H27Cl2F4NO3. The number of rotatable bonds is 7. The lowest BCUT2D eigenvalue weighted by Crippen LogP contribution is -2.34. The third kappa shape index (κ3) is 6.71. The zero-order chi connectivity index (χ0) is 27.1. The van der Waals surface area contributed by atoms with Gasteiger partial charge in [-0.15, -0.1) is 0 Å². The molecule has 3 rings (SSSR count). The lowest BCUT2D eigenvalue weighted by molar-refractivity contribution is -0.178. The largest absolute Gasteiger partial charge is 0.460 e. The van der Waals surface area contributed by atoms with Crippen molar-refractivity contribution < 1.29 is 31.9 Å². The van der Waals surface area contributed by atoms with E-state index in [0.29, 0.717) is 23.4 Å². The van der Waals surface area contributed by atoms with Crippen molar-refractivity contribution in [2.45, 2.75) is 64.7 Å². The van der Waals surface area contributed by atoms with Crippen LogP contribution in [0.25, 0.3) is 0 Å². The Morgan fingerprint density at radius 3 is 2.17 bits per heavy atom. The molecule has 1 aliphatic carbocycles. The van der Waals surface area contributed by atoms with Gasteiger partial charge in [0.1, 0.15) is 11.4 Å². The van der Waals surface area contributed by atoms with E-state index in [-0.39, 0.29) is 22.7 Å². The predicted molar refractivity (Wildman–Crippen MR) is 131 cm³/mol. The molecule has 2 atom stereocenters. The van der Waals surface area contributed by atoms with Gasteiger partial charge >= 0.3 is 12.1 Å². The van der Waals surface area contributed by atoms with Gasteiger partial charge in [0.15, 0.2) is 0 Å². The highest BCUT2D eigenvalue weighted by atomic mass is 35.5. The Hall–Kier alpha value is -2.32. The van der Waals surface area contributed by atoms with E-state index in [9.17, 15) is 27.2 Å². The van der Waals surface area contributed by atoms with Crippen molar-refractivity contribution >= 4 is 40.8 Å². The maximum Gasteiger partial charge on any atom is 0.392 e. The Morgan fingerprint density at radius 2 is 1.67 bits per heavy atom. The Balaban J connectivity index is 1.89. The van der Waals surface area contributed by atoms with Gasteiger partial charge < -0.3 is 10.1 Å². The number of ether oxygens (including phenoxy) is 1. The number of alkyl halides is 3. The van der Waals surface area contributed by atoms with E-state index >= 15 is 0 Å². The van der Waals surface area contributed by atoms with Crippen LogP contribution in [0.4, 0.5) is 23.2 Å². The Morgan fingerprint density at radius 1 is 1.08 bits per heavy atom. The van der Waals surface area contributed by atoms with E-state index in [4.69, 9.17) is 27.9 Å². The number of hydrogen-bond donors (Lipinski definition) is 1. The highest BCUT2D eigenvalue weighted by Gasteiger charge is 2.52. The van der Waals surface area contributed by atoms with Crippen LogP contribution in [-0.4, -0.2) is 23.7 Å². The van der Waals surface area contributed by atoms with Gasteiger partial charge in [-0.1, -0.05) is 42.3 Å². The van der Waals surface area contributed by atoms with Crippen LogP contribution in [0.3, 0.4) is 0 Å². The Labute approximate surface area is 217 Å². The summed E-state index contributed by atoms with van der Waals surface area (Å²) < 4.78 is 61.1. The second kappa shape index (κ2) is 10.2. The summed E-state index contributed by atoms with van der Waals surface area (Å²) in [4.78, 5) is 25.8. The van der Waals surface area contributed by atoms with Crippen LogP contribution >= 0.6 is 23.2 Å². The molecule has 0 spiro atoms. The summed E-state index contributed by atoms with van der Waals surface area (Å²) in [6.07, 6.45) is -3.43. The van der Waals surface area contributed by atoms with Crippen LogP contribution in [0, 0.1) is 17.2 Å². The van der Waals surface area contributed by atoms with Gasteiger partial charge in [0.2, 0.25) is 5.91 Å². The van der Waals surface area contributed by atoms with Gasteiger partial charge in [0, 0.05) is 10.0 Å². The molecule has 0 saturated heterocycles. The average Bonchev–Trinajstić information content (AvgIpc) is 3.52. The summed E-state index contributed by atoms with van der Waals surface area (Å²) in [7, 11) is 0. The maximum absolute atomic E-state index is 14.7. The predicted octanol–water partition coefficient (Wildman–Crippen LogP) is 7.72. The number of benzene rings is 2. The van der Waals surface area contributed by atoms with E-state index in [1.165, 1.54) is 30.3 Å². The standard InChI is InChI=1S/C26H27Cl2F4NO3/c1-14(26(30,31)32)21(15-5-7-17(27)8-6-15)22(34)33-20-11-16(18(28)12-19(20)29)13-25(9-10-25)23(35)36-24(2,3)4/h5-8,11-12,14,21H,9-10,13H2,1-4H3,(H,33,34)/t14-,21+/m1/s1. The van der Waals surface area contributed by atoms with Crippen molar-refractivity contribution in [2.24, 2.45) is 11.3 Å². The first-order valence-electron chi connectivity index (χ1n) is 11.4. The maximum atomic E-state index is 14.7. The molecule has 0 bridgehead atoms. The first-order chi connectivity index (χ1) is 16.5. The summed E-state index contributed by atoms with van der Waals surface area (Å²) in [5.74, 6) is -6.06. The lowest BCUT2D eigenvalue weighted by atomic mass is 9.85. The number of carbonyl (C=O) groups excluding carboxylic acids is 2. The minimum atomic E-state index is -4.68. The summed E-state index contributed by atoms with van der Waals surface area (Å²) in [5, 5.41) is 2.63. The second-order valence-electron chi connectivity index (χ2n) is 10.2. The molecule has 0 radical (unpaired) electrons. The fourth-order valence-corrected chi connectivity index (χ4v) is 4.26. The topological polar surface area (TPSA) is 55.4 Å². The molecule has 4 nitrogen and oxygen atoms in total. The number of amides is 1. The molecule has 36 heavy (non-hydrogen) atoms. The van der Waals surface area contributed by atoms with Crippen LogP contribution in [0.5, 0.6) is 0 Å². The minimum Gasteiger partial charge on any atom is -0.460 e. The first-order valence-corrected chi connectivity index (χ1v) is 12.1. The van der Waals surface area contributed by atoms with Crippen LogP contribution in [0.2, 0.25) is 10.0 Å². The van der Waals surface area contributed by atoms with E-state index in [2.05, 4.69) is 5.32 Å². The molecule has 1 saturated carbocycles. The second-order valence-corrected chi connectivity index (χ2v) is 11.1. The van der Waals surface area contributed by atoms with Crippen LogP contribution < -0.4 is 5.32 Å². The monoisotopic (exact) mass is 547 g/mol. The fourth-order valence-electron chi connectivity index (χ4n) is 3.92. The smallest absolute Gasteiger partial charge is 0.392 e. The van der Waals surface area contributed by atoms with Crippen molar-refractivity contribution in [1.29, 1.82) is 0 Å². The molecule has 0 aromatic heterocycles. The minimum absolute atomic E-state index is 0.0400. The zero-order valence-corrected chi connectivity index (χ0v) is 21.7. The molecule has 0 aliphatic heterocycles. The van der Waals surface area contributed by atoms with Crippen molar-refractivity contribution in [1.82, 2.24) is 0 Å². The van der Waals surface area contributed by atoms with Crippen molar-refractivity contribution in [3.63, 3.8) is 0 Å². The number of esters is 1. The van der Waals surface area contributed by atoms with Gasteiger partial charge in [0.25, 0.3) is 0 Å². The number of carbonyl (C=O) groups is 2. The summed E-state index contributed by atoms with van der Waals surface area (Å²) in [6, 6.07) is 7.66. The van der Waals surface area contributed by atoms with Gasteiger partial charge in [-0.3, -0.25) is 9.59 Å². The molecule has 1 fully saturated rings. The number of halogens is 6. The third-order valence-corrected chi connectivity index (χ3v) is 6.74. The SMILES string of the molecule is C[C@H]([C@H](C(=O)Nc1cc(CC2(C(=O)OC(C)(C)C)CC2)c(Cl)cc1F)c1ccc(Cl)cc1)C(F)(F)F. The number of hydrogen-bond acceptors (Lipinski definition) is 3. The van der Waals surface area contributed by atoms with Gasteiger partial charge in [-0.05, 0) is 75.4 Å². The van der Waals surface area contributed by atoms with Crippen molar-refractivity contribution in [3.05, 3.63) is 63.4 Å². The summed E-state index contributed by atoms with van der Waals surface area (Å²) in [6.45, 7) is 6.13. The Bertz CT molecular complexity index is 1140. The highest BCUT2D eigenvalue weighted by molar-refractivity contribution is 6.31. The normalized spacial score (nSPS) is 16.7. The fraction of sp³-hybridized carbons (Fsp3) is 0.462. The molecule has 2 aromatic rings. The highest BCUT2D eigenvalue weighted by Crippen LogP contribution is 2.51. The van der Waals surface area contributed by atoms with Gasteiger partial charge in [-0.2, -0.15) is 13.2 Å². The number of anilines is 1. The summed E-state index contributed by atoms with van der Waals surface area (Å²) in [5.41, 5.74) is -1.37. The molecule has 1 N–H and O–H groups in total. The van der Waals surface area contributed by atoms with E-state index in [1.807, 2.05) is 0 Å². The zero-order valence-electron chi connectivity index (χ0n) is 20.2. The van der Waals surface area contributed by atoms with Crippen molar-refractivity contribution in [3.8, 4) is 0 Å². The lowest BCUT2D eigenvalue weighted by Gasteiger charge is -2.26. The summed E-state index contributed by atoms with van der Waals surface area (Å²) >= 11 is 12.1. The van der Waals surface area contributed by atoms with Crippen LogP contribution in [-0.2, 0) is 20.7 Å². The van der Waals surface area contributed by atoms with Crippen molar-refractivity contribution in [2.75, 3.05) is 5.32 Å². The third-order valence-electron chi connectivity index (χ3n) is 6.14. The Kier molecular flexibility index (Phi) is 8.01. The quantitative estimate of drug-likeness (QED) is 0.285. The molecule has 2 aromatic carbocycles. The van der Waals surface area contributed by atoms with E-state index in [1.54, 1.807) is 20.8 Å². The molecule has 0 heterocycles. The van der Waals surface area contributed by atoms with E-state index in [0.717, 1.165) is 13.0 Å². The molecule has 1 amide bonds. The van der Waals surface area contributed by atoms with Gasteiger partial charge in [-0.25, -0.2) is 4.39 Å². The molecule has 10 heteroatoms. The molecular weight excluding hydrogens is 521 g/mol. The molecule has 196 valence electrons.